The molecular weight excluding hydrogens is 312 g/mol. The van der Waals surface area contributed by atoms with Crippen molar-refractivity contribution in [2.75, 3.05) is 19.5 Å². The molecule has 0 aliphatic carbocycles. The molecule has 0 aliphatic heterocycles. The number of nitrogens with one attached hydrogen (secondary N) is 1. The number of nitrogens with zero attached hydrogens (tertiary/aromatic N) is 3. The number of carbonyl (C=O) groups is 1. The molecule has 8 heteroatoms. The molecule has 8 nitrogen and oxygen atoms in total. The van der Waals surface area contributed by atoms with Crippen LogP contribution in [-0.4, -0.2) is 35.0 Å². The molecule has 0 radical (unpaired) electrons. The number of rotatable bonds is 4. The van der Waals surface area contributed by atoms with Gasteiger partial charge in [-0.3, -0.25) is 0 Å². The molecule has 0 fully saturated rings. The Hall–Kier alpha value is -3.29. The molecule has 2 aromatic heterocycles. The summed E-state index contributed by atoms with van der Waals surface area (Å²) in [5, 5.41) is 7.36. The van der Waals surface area contributed by atoms with Crippen molar-refractivity contribution in [3.05, 3.63) is 42.4 Å². The lowest BCUT2D eigenvalue weighted by Gasteiger charge is -2.08. The number of hydrogen-bond acceptors (Lipinski definition) is 7. The minimum atomic E-state index is -0.786. The summed E-state index contributed by atoms with van der Waals surface area (Å²) < 4.78 is 16.4. The first-order valence-corrected chi connectivity index (χ1v) is 7.12. The third-order valence-electron chi connectivity index (χ3n) is 3.49. The zero-order chi connectivity index (χ0) is 17.1. The van der Waals surface area contributed by atoms with Gasteiger partial charge in [-0.15, -0.1) is 0 Å². The van der Waals surface area contributed by atoms with Crippen LogP contribution < -0.4 is 14.8 Å². The fraction of sp³-hybridized carbons (Fsp3) is 0.188. The smallest absolute Gasteiger partial charge is 0.497 e. The number of benzene rings is 1. The van der Waals surface area contributed by atoms with Crippen LogP contribution in [0.4, 0.5) is 16.3 Å². The Bertz CT molecular complexity index is 874. The van der Waals surface area contributed by atoms with Crippen molar-refractivity contribution >= 4 is 23.2 Å². The SMILES string of the molecule is COC(=O)Oc1cn2ncnc(Nc3ccc(OC)cc3)c2c1C. The van der Waals surface area contributed by atoms with Gasteiger partial charge < -0.3 is 19.5 Å². The quantitative estimate of drug-likeness (QED) is 0.737. The van der Waals surface area contributed by atoms with E-state index in [0.29, 0.717) is 17.1 Å². The van der Waals surface area contributed by atoms with E-state index in [2.05, 4.69) is 20.1 Å². The molecule has 0 amide bonds. The first-order chi connectivity index (χ1) is 11.6. The van der Waals surface area contributed by atoms with Crippen LogP contribution in [0.5, 0.6) is 11.5 Å². The van der Waals surface area contributed by atoms with Crippen LogP contribution in [0.3, 0.4) is 0 Å². The van der Waals surface area contributed by atoms with Crippen molar-refractivity contribution in [1.29, 1.82) is 0 Å². The van der Waals surface area contributed by atoms with Gasteiger partial charge in [0.15, 0.2) is 11.6 Å². The van der Waals surface area contributed by atoms with E-state index in [9.17, 15) is 4.79 Å². The second kappa shape index (κ2) is 6.45. The number of ether oxygens (including phenoxy) is 3. The number of aromatic nitrogens is 3. The highest BCUT2D eigenvalue weighted by Crippen LogP contribution is 2.30. The van der Waals surface area contributed by atoms with Gasteiger partial charge in [0.05, 0.1) is 20.4 Å². The summed E-state index contributed by atoms with van der Waals surface area (Å²) in [6.07, 6.45) is 2.23. The summed E-state index contributed by atoms with van der Waals surface area (Å²) in [5.74, 6) is 1.72. The van der Waals surface area contributed by atoms with Crippen molar-refractivity contribution in [2.24, 2.45) is 0 Å². The fourth-order valence-corrected chi connectivity index (χ4v) is 2.28. The Morgan fingerprint density at radius 1 is 1.21 bits per heavy atom. The minimum absolute atomic E-state index is 0.361. The fourth-order valence-electron chi connectivity index (χ4n) is 2.28. The topological polar surface area (TPSA) is 87.0 Å². The van der Waals surface area contributed by atoms with Crippen LogP contribution in [0.15, 0.2) is 36.8 Å². The van der Waals surface area contributed by atoms with Gasteiger partial charge in [-0.25, -0.2) is 14.3 Å². The first kappa shape index (κ1) is 15.6. The third-order valence-corrected chi connectivity index (χ3v) is 3.49. The maximum atomic E-state index is 11.3. The first-order valence-electron chi connectivity index (χ1n) is 7.12. The predicted molar refractivity (Wildman–Crippen MR) is 87.0 cm³/mol. The molecule has 3 rings (SSSR count). The summed E-state index contributed by atoms with van der Waals surface area (Å²) in [6, 6.07) is 7.44. The van der Waals surface area contributed by atoms with E-state index < -0.39 is 6.16 Å². The molecule has 0 saturated heterocycles. The van der Waals surface area contributed by atoms with Crippen molar-refractivity contribution < 1.29 is 19.0 Å². The molecule has 1 N–H and O–H groups in total. The van der Waals surface area contributed by atoms with Gasteiger partial charge in [0.25, 0.3) is 0 Å². The van der Waals surface area contributed by atoms with Gasteiger partial charge in [0, 0.05) is 11.3 Å². The van der Waals surface area contributed by atoms with Gasteiger partial charge >= 0.3 is 6.16 Å². The number of anilines is 2. The number of aryl methyl sites for hydroxylation is 1. The minimum Gasteiger partial charge on any atom is -0.497 e. The van der Waals surface area contributed by atoms with Gasteiger partial charge in [0.2, 0.25) is 0 Å². The summed E-state index contributed by atoms with van der Waals surface area (Å²) in [7, 11) is 2.87. The Kier molecular flexibility index (Phi) is 4.19. The molecule has 0 atom stereocenters. The highest BCUT2D eigenvalue weighted by Gasteiger charge is 2.16. The second-order valence-electron chi connectivity index (χ2n) is 4.93. The second-order valence-corrected chi connectivity index (χ2v) is 4.93. The lowest BCUT2D eigenvalue weighted by atomic mass is 10.2. The van der Waals surface area contributed by atoms with E-state index in [4.69, 9.17) is 9.47 Å². The number of carbonyl (C=O) groups excluding carboxylic acids is 1. The third kappa shape index (κ3) is 2.94. The summed E-state index contributed by atoms with van der Waals surface area (Å²) >= 11 is 0. The normalized spacial score (nSPS) is 10.5. The zero-order valence-corrected chi connectivity index (χ0v) is 13.4. The highest BCUT2D eigenvalue weighted by molar-refractivity contribution is 5.79. The largest absolute Gasteiger partial charge is 0.513 e. The highest BCUT2D eigenvalue weighted by atomic mass is 16.7. The summed E-state index contributed by atoms with van der Waals surface area (Å²) in [5.41, 5.74) is 2.26. The Labute approximate surface area is 138 Å². The van der Waals surface area contributed by atoms with Crippen LogP contribution in [0.2, 0.25) is 0 Å². The molecule has 0 aliphatic rings. The van der Waals surface area contributed by atoms with E-state index in [0.717, 1.165) is 17.0 Å². The van der Waals surface area contributed by atoms with Crippen LogP contribution in [0.1, 0.15) is 5.56 Å². The molecule has 124 valence electrons. The van der Waals surface area contributed by atoms with Crippen molar-refractivity contribution in [3.8, 4) is 11.5 Å². The zero-order valence-electron chi connectivity index (χ0n) is 13.4. The van der Waals surface area contributed by atoms with Crippen molar-refractivity contribution in [2.45, 2.75) is 6.92 Å². The lowest BCUT2D eigenvalue weighted by Crippen LogP contribution is -2.07. The number of hydrogen-bond donors (Lipinski definition) is 1. The summed E-state index contributed by atoms with van der Waals surface area (Å²) in [6.45, 7) is 1.82. The average Bonchev–Trinajstić information content (AvgIpc) is 2.92. The molecule has 0 bridgehead atoms. The predicted octanol–water partition coefficient (Wildman–Crippen LogP) is 2.94. The number of methoxy groups -OCH3 is 2. The van der Waals surface area contributed by atoms with E-state index in [1.807, 2.05) is 31.2 Å². The molecule has 0 unspecified atom stereocenters. The molecular formula is C16H16N4O4. The molecule has 0 saturated carbocycles. The van der Waals surface area contributed by atoms with Gasteiger partial charge in [0.1, 0.15) is 17.6 Å². The average molecular weight is 328 g/mol. The van der Waals surface area contributed by atoms with Gasteiger partial charge in [-0.2, -0.15) is 5.10 Å². The Morgan fingerprint density at radius 2 is 1.96 bits per heavy atom. The number of fused-ring (bicyclic) bond motifs is 1. The van der Waals surface area contributed by atoms with E-state index >= 15 is 0 Å². The molecule has 1 aromatic carbocycles. The van der Waals surface area contributed by atoms with E-state index in [1.165, 1.54) is 13.4 Å². The Balaban J connectivity index is 1.96. The van der Waals surface area contributed by atoms with Crippen LogP contribution >= 0.6 is 0 Å². The van der Waals surface area contributed by atoms with Gasteiger partial charge in [-0.05, 0) is 31.2 Å². The van der Waals surface area contributed by atoms with Crippen molar-refractivity contribution in [3.63, 3.8) is 0 Å². The molecule has 2 heterocycles. The maximum Gasteiger partial charge on any atom is 0.513 e. The van der Waals surface area contributed by atoms with Gasteiger partial charge in [-0.1, -0.05) is 0 Å². The molecule has 3 aromatic rings. The van der Waals surface area contributed by atoms with Crippen LogP contribution in [0.25, 0.3) is 5.52 Å². The Morgan fingerprint density at radius 3 is 2.62 bits per heavy atom. The van der Waals surface area contributed by atoms with Crippen LogP contribution in [-0.2, 0) is 4.74 Å². The monoisotopic (exact) mass is 328 g/mol. The molecule has 24 heavy (non-hydrogen) atoms. The van der Waals surface area contributed by atoms with E-state index in [-0.39, 0.29) is 0 Å². The van der Waals surface area contributed by atoms with Crippen LogP contribution in [0, 0.1) is 6.92 Å². The van der Waals surface area contributed by atoms with Crippen molar-refractivity contribution in [1.82, 2.24) is 14.6 Å². The maximum absolute atomic E-state index is 11.3. The summed E-state index contributed by atoms with van der Waals surface area (Å²) in [4.78, 5) is 15.6. The van der Waals surface area contributed by atoms with E-state index in [1.54, 1.807) is 17.8 Å². The lowest BCUT2D eigenvalue weighted by molar-refractivity contribution is 0.121. The molecule has 0 spiro atoms. The standard InChI is InChI=1S/C16H16N4O4/c1-10-13(24-16(21)23-3)8-20-14(10)15(17-9-18-20)19-11-4-6-12(22-2)7-5-11/h4-9H,1-3H3,(H,17,18,19).